The molecule has 23 heavy (non-hydrogen) atoms. The molecule has 0 bridgehead atoms. The molecule has 0 saturated heterocycles. The van der Waals surface area contributed by atoms with Gasteiger partial charge in [-0.05, 0) is 42.2 Å². The lowest BCUT2D eigenvalue weighted by Gasteiger charge is -2.28. The van der Waals surface area contributed by atoms with Gasteiger partial charge in [0.25, 0.3) is 0 Å². The summed E-state index contributed by atoms with van der Waals surface area (Å²) in [6.45, 7) is 2.95. The summed E-state index contributed by atoms with van der Waals surface area (Å²) in [6, 6.07) is 13.5. The molecule has 0 aromatic heterocycles. The predicted molar refractivity (Wildman–Crippen MR) is 90.9 cm³/mol. The summed E-state index contributed by atoms with van der Waals surface area (Å²) in [7, 11) is -1.66. The van der Waals surface area contributed by atoms with E-state index in [1.807, 2.05) is 49.4 Å². The molecule has 0 amide bonds. The van der Waals surface area contributed by atoms with Gasteiger partial charge < -0.3 is 4.74 Å². The highest BCUT2D eigenvalue weighted by Crippen LogP contribution is 2.26. The van der Waals surface area contributed by atoms with Gasteiger partial charge in [0.1, 0.15) is 5.75 Å². The summed E-state index contributed by atoms with van der Waals surface area (Å²) in [4.78, 5) is 0. The van der Waals surface area contributed by atoms with Crippen LogP contribution in [-0.4, -0.2) is 26.4 Å². The van der Waals surface area contributed by atoms with Crippen molar-refractivity contribution in [2.75, 3.05) is 13.7 Å². The highest BCUT2D eigenvalue weighted by molar-refractivity contribution is 7.88. The summed E-state index contributed by atoms with van der Waals surface area (Å²) < 4.78 is 32.2. The van der Waals surface area contributed by atoms with E-state index in [1.165, 1.54) is 5.56 Å². The zero-order chi connectivity index (χ0) is 16.4. The fourth-order valence-electron chi connectivity index (χ4n) is 2.85. The molecule has 0 fully saturated rings. The maximum absolute atomic E-state index is 12.7. The predicted octanol–water partition coefficient (Wildman–Crippen LogP) is 2.89. The molecule has 2 aromatic carbocycles. The minimum atomic E-state index is -3.31. The molecule has 0 N–H and O–H groups in total. The molecule has 1 heterocycles. The van der Waals surface area contributed by atoms with Gasteiger partial charge in [0.2, 0.25) is 10.0 Å². The molecular weight excluding hydrogens is 310 g/mol. The van der Waals surface area contributed by atoms with Gasteiger partial charge in [-0.15, -0.1) is 0 Å². The second kappa shape index (κ2) is 6.34. The summed E-state index contributed by atoms with van der Waals surface area (Å²) in [6.07, 6.45) is 0.722. The lowest BCUT2D eigenvalue weighted by molar-refractivity contribution is 0.386. The van der Waals surface area contributed by atoms with Crippen LogP contribution in [0.3, 0.4) is 0 Å². The lowest BCUT2D eigenvalue weighted by Crippen LogP contribution is -2.36. The third kappa shape index (κ3) is 3.57. The molecule has 122 valence electrons. The molecule has 5 heteroatoms. The Kier molecular flexibility index (Phi) is 4.41. The zero-order valence-electron chi connectivity index (χ0n) is 13.5. The first-order valence-corrected chi connectivity index (χ1v) is 9.28. The molecule has 0 radical (unpaired) electrons. The van der Waals surface area contributed by atoms with Crippen molar-refractivity contribution < 1.29 is 13.2 Å². The third-order valence-electron chi connectivity index (χ3n) is 4.25. The highest BCUT2D eigenvalue weighted by atomic mass is 32.2. The normalized spacial score (nSPS) is 15.2. The van der Waals surface area contributed by atoms with E-state index in [4.69, 9.17) is 4.74 Å². The maximum atomic E-state index is 12.7. The van der Waals surface area contributed by atoms with Crippen molar-refractivity contribution in [2.45, 2.75) is 25.6 Å². The zero-order valence-corrected chi connectivity index (χ0v) is 14.3. The van der Waals surface area contributed by atoms with Gasteiger partial charge in [-0.25, -0.2) is 8.42 Å². The average molecular weight is 331 g/mol. The van der Waals surface area contributed by atoms with Gasteiger partial charge in [-0.2, -0.15) is 4.31 Å². The summed E-state index contributed by atoms with van der Waals surface area (Å²) in [5.41, 5.74) is 4.19. The number of nitrogens with zero attached hydrogens (tertiary/aromatic N) is 1. The number of sulfonamides is 1. The Morgan fingerprint density at radius 1 is 1.09 bits per heavy atom. The molecule has 4 nitrogen and oxygen atoms in total. The Hall–Kier alpha value is -1.85. The van der Waals surface area contributed by atoms with Crippen molar-refractivity contribution in [2.24, 2.45) is 0 Å². The Morgan fingerprint density at radius 2 is 1.83 bits per heavy atom. The number of hydrogen-bond donors (Lipinski definition) is 0. The van der Waals surface area contributed by atoms with Crippen LogP contribution in [0.1, 0.15) is 22.3 Å². The molecule has 3 rings (SSSR count). The summed E-state index contributed by atoms with van der Waals surface area (Å²) in [5.74, 6) is 0.874. The smallest absolute Gasteiger partial charge is 0.218 e. The van der Waals surface area contributed by atoms with E-state index < -0.39 is 10.0 Å². The van der Waals surface area contributed by atoms with Gasteiger partial charge in [0.15, 0.2) is 0 Å². The van der Waals surface area contributed by atoms with Crippen LogP contribution in [-0.2, 0) is 28.7 Å². The number of benzene rings is 2. The van der Waals surface area contributed by atoms with Crippen LogP contribution in [0, 0.1) is 6.92 Å². The van der Waals surface area contributed by atoms with Gasteiger partial charge in [0.05, 0.1) is 12.9 Å². The molecule has 0 aliphatic carbocycles. The molecule has 0 unspecified atom stereocenters. The molecule has 2 aromatic rings. The van der Waals surface area contributed by atoms with Crippen molar-refractivity contribution in [3.05, 3.63) is 64.7 Å². The van der Waals surface area contributed by atoms with E-state index in [2.05, 4.69) is 0 Å². The van der Waals surface area contributed by atoms with Gasteiger partial charge >= 0.3 is 0 Å². The molecule has 0 saturated carbocycles. The third-order valence-corrected chi connectivity index (χ3v) is 6.05. The van der Waals surface area contributed by atoms with Crippen LogP contribution in [0.2, 0.25) is 0 Å². The van der Waals surface area contributed by atoms with E-state index in [-0.39, 0.29) is 5.75 Å². The van der Waals surface area contributed by atoms with Crippen molar-refractivity contribution in [1.29, 1.82) is 0 Å². The quantitative estimate of drug-likeness (QED) is 0.865. The van der Waals surface area contributed by atoms with E-state index >= 15 is 0 Å². The van der Waals surface area contributed by atoms with Crippen molar-refractivity contribution >= 4 is 10.0 Å². The number of aryl methyl sites for hydroxylation is 1. The van der Waals surface area contributed by atoms with Gasteiger partial charge in [0, 0.05) is 13.1 Å². The van der Waals surface area contributed by atoms with Crippen LogP contribution in [0.15, 0.2) is 42.5 Å². The fourth-order valence-corrected chi connectivity index (χ4v) is 4.36. The first kappa shape index (κ1) is 16.0. The number of rotatable bonds is 4. The van der Waals surface area contributed by atoms with Gasteiger partial charge in [-0.1, -0.05) is 35.9 Å². The van der Waals surface area contributed by atoms with Crippen LogP contribution >= 0.6 is 0 Å². The van der Waals surface area contributed by atoms with Crippen LogP contribution in [0.4, 0.5) is 0 Å². The minimum Gasteiger partial charge on any atom is -0.497 e. The van der Waals surface area contributed by atoms with E-state index in [9.17, 15) is 8.42 Å². The number of fused-ring (bicyclic) bond motifs is 1. The maximum Gasteiger partial charge on any atom is 0.218 e. The van der Waals surface area contributed by atoms with E-state index in [0.29, 0.717) is 13.1 Å². The van der Waals surface area contributed by atoms with Crippen LogP contribution < -0.4 is 4.74 Å². The average Bonchev–Trinajstić information content (AvgIpc) is 2.55. The minimum absolute atomic E-state index is 0.0543. The number of hydrogen-bond acceptors (Lipinski definition) is 3. The van der Waals surface area contributed by atoms with Crippen molar-refractivity contribution in [1.82, 2.24) is 4.31 Å². The second-order valence-electron chi connectivity index (χ2n) is 5.96. The molecule has 0 atom stereocenters. The topological polar surface area (TPSA) is 46.6 Å². The lowest BCUT2D eigenvalue weighted by atomic mass is 10.0. The first-order chi connectivity index (χ1) is 11.0. The molecule has 0 spiro atoms. The van der Waals surface area contributed by atoms with E-state index in [0.717, 1.165) is 28.9 Å². The van der Waals surface area contributed by atoms with E-state index in [1.54, 1.807) is 11.4 Å². The van der Waals surface area contributed by atoms with Crippen LogP contribution in [0.5, 0.6) is 5.75 Å². The number of ether oxygens (including phenoxy) is 1. The van der Waals surface area contributed by atoms with Crippen molar-refractivity contribution in [3.63, 3.8) is 0 Å². The number of methoxy groups -OCH3 is 1. The monoisotopic (exact) mass is 331 g/mol. The second-order valence-corrected chi connectivity index (χ2v) is 7.93. The highest BCUT2D eigenvalue weighted by Gasteiger charge is 2.27. The fraction of sp³-hybridized carbons (Fsp3) is 0.333. The first-order valence-electron chi connectivity index (χ1n) is 7.67. The SMILES string of the molecule is COc1ccc2c(c1)CCN(S(=O)(=O)Cc1ccc(C)cc1)C2. The molecule has 1 aliphatic heterocycles. The van der Waals surface area contributed by atoms with Gasteiger partial charge in [-0.3, -0.25) is 0 Å². The largest absolute Gasteiger partial charge is 0.497 e. The van der Waals surface area contributed by atoms with Crippen molar-refractivity contribution in [3.8, 4) is 5.75 Å². The Bertz CT molecular complexity index is 798. The Morgan fingerprint density at radius 3 is 2.52 bits per heavy atom. The summed E-state index contributed by atoms with van der Waals surface area (Å²) in [5, 5.41) is 0. The Labute approximate surface area is 137 Å². The summed E-state index contributed by atoms with van der Waals surface area (Å²) >= 11 is 0. The standard InChI is InChI=1S/C18H21NO3S/c1-14-3-5-15(6-4-14)13-23(20,21)19-10-9-16-11-18(22-2)8-7-17(16)12-19/h3-8,11H,9-10,12-13H2,1-2H3. The molecular formula is C18H21NO3S. The molecule has 1 aliphatic rings. The Balaban J connectivity index is 1.77. The van der Waals surface area contributed by atoms with Crippen LogP contribution in [0.25, 0.3) is 0 Å².